The lowest BCUT2D eigenvalue weighted by atomic mass is 9.78. The van der Waals surface area contributed by atoms with Gasteiger partial charge in [0.15, 0.2) is 0 Å². The maximum atomic E-state index is 5.88. The summed E-state index contributed by atoms with van der Waals surface area (Å²) in [5.74, 6) is 8.13. The molecule has 6 unspecified atom stereocenters. The number of benzene rings is 7. The first kappa shape index (κ1) is 52.7. The molecule has 0 bridgehead atoms. The van der Waals surface area contributed by atoms with Crippen LogP contribution in [0.25, 0.3) is 0 Å². The van der Waals surface area contributed by atoms with Crippen LogP contribution in [-0.2, 0) is 40.3 Å². The van der Waals surface area contributed by atoms with Crippen LogP contribution in [0.2, 0.25) is 0 Å². The molecule has 14 nitrogen and oxygen atoms in total. The molecule has 14 heteroatoms. The molecule has 7 aromatic rings. The first-order valence-corrected chi connectivity index (χ1v) is 26.8. The first-order valence-electron chi connectivity index (χ1n) is 26.8. The Balaban J connectivity index is 0.000000125. The third kappa shape index (κ3) is 17.4. The lowest BCUT2D eigenvalue weighted by molar-refractivity contribution is 0.263. The zero-order chi connectivity index (χ0) is 52.9. The van der Waals surface area contributed by atoms with Gasteiger partial charge in [0, 0.05) is 5.41 Å². The van der Waals surface area contributed by atoms with Gasteiger partial charge in [-0.3, -0.25) is 0 Å². The second-order valence-corrected chi connectivity index (χ2v) is 20.4. The molecule has 6 saturated heterocycles. The van der Waals surface area contributed by atoms with Gasteiger partial charge < -0.3 is 66.3 Å². The molecule has 406 valence electrons. The summed E-state index contributed by atoms with van der Waals surface area (Å²) < 4.78 is 76.6. The van der Waals surface area contributed by atoms with Gasteiger partial charge in [-0.25, -0.2) is 0 Å². The molecular weight excluding hydrogens is 993 g/mol. The molecule has 78 heavy (non-hydrogen) atoms. The van der Waals surface area contributed by atoms with Crippen molar-refractivity contribution in [3.8, 4) is 57.5 Å². The van der Waals surface area contributed by atoms with Crippen LogP contribution in [0.1, 0.15) is 36.1 Å². The minimum absolute atomic E-state index is 0.0870. The van der Waals surface area contributed by atoms with E-state index in [0.29, 0.717) is 51.8 Å². The van der Waals surface area contributed by atoms with E-state index in [1.165, 1.54) is 22.3 Å². The Kier molecular flexibility index (Phi) is 17.2. The number of hydrogen-bond acceptors (Lipinski definition) is 14. The van der Waals surface area contributed by atoms with Gasteiger partial charge in [-0.1, -0.05) is 62.4 Å². The summed E-state index contributed by atoms with van der Waals surface area (Å²) in [7, 11) is 0. The zero-order valence-corrected chi connectivity index (χ0v) is 44.0. The molecular formula is C64H66O14. The summed E-state index contributed by atoms with van der Waals surface area (Å²) in [6, 6.07) is 55.8. The summed E-state index contributed by atoms with van der Waals surface area (Å²) in [5, 5.41) is 0. The van der Waals surface area contributed by atoms with E-state index < -0.39 is 0 Å². The third-order valence-corrected chi connectivity index (χ3v) is 13.4. The van der Waals surface area contributed by atoms with Gasteiger partial charge in [0.1, 0.15) is 134 Å². The summed E-state index contributed by atoms with van der Waals surface area (Å²) in [5.41, 5.74) is 4.95. The van der Waals surface area contributed by atoms with Gasteiger partial charge in [-0.2, -0.15) is 0 Å². The minimum Gasteiger partial charge on any atom is -0.491 e. The van der Waals surface area contributed by atoms with Crippen molar-refractivity contribution in [2.75, 3.05) is 79.3 Å². The quantitative estimate of drug-likeness (QED) is 0.0473. The highest BCUT2D eigenvalue weighted by molar-refractivity contribution is 5.43. The van der Waals surface area contributed by atoms with Gasteiger partial charge in [0.25, 0.3) is 0 Å². The van der Waals surface area contributed by atoms with E-state index in [9.17, 15) is 0 Å². The van der Waals surface area contributed by atoms with Crippen LogP contribution in [0.3, 0.4) is 0 Å². The Morgan fingerprint density at radius 3 is 0.667 bits per heavy atom. The molecule has 6 heterocycles. The fourth-order valence-corrected chi connectivity index (χ4v) is 7.92. The monoisotopic (exact) mass is 1060 g/mol. The van der Waals surface area contributed by atoms with E-state index in [0.717, 1.165) is 104 Å². The van der Waals surface area contributed by atoms with Crippen LogP contribution in [0.5, 0.6) is 57.5 Å². The second-order valence-electron chi connectivity index (χ2n) is 20.4. The largest absolute Gasteiger partial charge is 0.491 e. The summed E-state index contributed by atoms with van der Waals surface area (Å²) >= 11 is 0. The fourth-order valence-electron chi connectivity index (χ4n) is 7.92. The molecule has 0 aliphatic carbocycles. The van der Waals surface area contributed by atoms with Crippen LogP contribution >= 0.6 is 0 Å². The van der Waals surface area contributed by atoms with Gasteiger partial charge in [0.2, 0.25) is 0 Å². The van der Waals surface area contributed by atoms with E-state index >= 15 is 0 Å². The standard InChI is InChI=1S/C24H22O6.C21H24O4.C19H20O4/c1-5-19(6-2-17(1)25-13-23-15-27-23)29-21-9-11-22(12-10-21)30-20-7-3-18(4-8-20)26-14-24-16-28-24;1-21(2,15-3-7-17(8-4-15)22-11-19-13-24-19)16-5-9-18(10-6-16)23-12-20-14-25-20;1-5-16(20-10-18-12-22-18)6-2-14(1)9-15-3-7-17(8-4-15)21-11-19-13-23-19/h1-12,23-24H,13-16H2;3-10,19-20H,11-14H2,1-2H3;1-8,18-19H,9-13H2. The van der Waals surface area contributed by atoms with Gasteiger partial charge in [-0.15, -0.1) is 0 Å². The van der Waals surface area contributed by atoms with Crippen LogP contribution in [-0.4, -0.2) is 116 Å². The van der Waals surface area contributed by atoms with Crippen LogP contribution in [0, 0.1) is 0 Å². The molecule has 0 N–H and O–H groups in total. The zero-order valence-electron chi connectivity index (χ0n) is 44.0. The normalized spacial score (nSPS) is 20.7. The second kappa shape index (κ2) is 25.4. The Morgan fingerprint density at radius 2 is 0.462 bits per heavy atom. The van der Waals surface area contributed by atoms with E-state index in [1.807, 2.05) is 121 Å². The Labute approximate surface area is 455 Å². The molecule has 0 radical (unpaired) electrons. The number of hydrogen-bond donors (Lipinski definition) is 0. The maximum Gasteiger partial charge on any atom is 0.127 e. The molecule has 7 aromatic carbocycles. The van der Waals surface area contributed by atoms with Crippen LogP contribution in [0.15, 0.2) is 170 Å². The van der Waals surface area contributed by atoms with Gasteiger partial charge in [0.05, 0.1) is 39.6 Å². The Morgan fingerprint density at radius 1 is 0.282 bits per heavy atom. The highest BCUT2D eigenvalue weighted by atomic mass is 16.6. The van der Waals surface area contributed by atoms with Crippen molar-refractivity contribution < 1.29 is 66.3 Å². The van der Waals surface area contributed by atoms with Crippen molar-refractivity contribution in [3.05, 3.63) is 192 Å². The smallest absolute Gasteiger partial charge is 0.127 e. The third-order valence-electron chi connectivity index (χ3n) is 13.4. The summed E-state index contributed by atoms with van der Waals surface area (Å²) in [6.45, 7) is 13.1. The van der Waals surface area contributed by atoms with Crippen molar-refractivity contribution in [3.63, 3.8) is 0 Å². The average molecular weight is 1060 g/mol. The van der Waals surface area contributed by atoms with Crippen LogP contribution in [0.4, 0.5) is 0 Å². The summed E-state index contributed by atoms with van der Waals surface area (Å²) in [6.07, 6.45) is 2.54. The van der Waals surface area contributed by atoms with Crippen molar-refractivity contribution in [2.24, 2.45) is 0 Å². The van der Waals surface area contributed by atoms with Crippen molar-refractivity contribution in [2.45, 2.75) is 62.3 Å². The molecule has 6 fully saturated rings. The first-order chi connectivity index (χ1) is 38.3. The highest BCUT2D eigenvalue weighted by Crippen LogP contribution is 2.34. The van der Waals surface area contributed by atoms with Gasteiger partial charge in [-0.05, 0) is 150 Å². The van der Waals surface area contributed by atoms with Crippen LogP contribution < -0.4 is 37.9 Å². The highest BCUT2D eigenvalue weighted by Gasteiger charge is 2.28. The minimum atomic E-state index is -0.0870. The molecule has 0 saturated carbocycles. The average Bonchev–Trinajstić information content (AvgIpc) is 4.26. The molecule has 0 aromatic heterocycles. The SMILES string of the molecule is CC(C)(c1ccc(OCC2CO2)cc1)c1ccc(OCC2CO2)cc1.c1cc(OCC2CO2)ccc1Cc1ccc(OCC2CO2)cc1.c1cc(Oc2ccc(Oc3ccc(OCC4CO4)cc3)cc2)ccc1OCC1CO1. The fraction of sp³-hybridized carbons (Fsp3) is 0.344. The topological polar surface area (TPSA) is 149 Å². The molecule has 6 aliphatic rings. The van der Waals surface area contributed by atoms with E-state index in [-0.39, 0.29) is 29.8 Å². The Hall–Kier alpha value is -7.30. The van der Waals surface area contributed by atoms with E-state index in [1.54, 1.807) is 0 Å². The maximum absolute atomic E-state index is 5.88. The lowest BCUT2D eigenvalue weighted by Gasteiger charge is -2.26. The van der Waals surface area contributed by atoms with Gasteiger partial charge >= 0.3 is 0 Å². The molecule has 6 atom stereocenters. The predicted molar refractivity (Wildman–Crippen MR) is 292 cm³/mol. The lowest BCUT2D eigenvalue weighted by Crippen LogP contribution is -2.18. The number of rotatable bonds is 26. The van der Waals surface area contributed by atoms with E-state index in [4.69, 9.17) is 66.3 Å². The predicted octanol–water partition coefficient (Wildman–Crippen LogP) is 11.2. The Bertz CT molecular complexity index is 2710. The molecule has 13 rings (SSSR count). The van der Waals surface area contributed by atoms with Crippen molar-refractivity contribution in [1.82, 2.24) is 0 Å². The van der Waals surface area contributed by atoms with E-state index in [2.05, 4.69) is 62.4 Å². The number of epoxide rings is 6. The van der Waals surface area contributed by atoms with Crippen molar-refractivity contribution >= 4 is 0 Å². The number of ether oxygens (including phenoxy) is 14. The molecule has 0 amide bonds. The molecule has 6 aliphatic heterocycles. The van der Waals surface area contributed by atoms with Crippen molar-refractivity contribution in [1.29, 1.82) is 0 Å². The summed E-state index contributed by atoms with van der Waals surface area (Å²) in [4.78, 5) is 0. The molecule has 0 spiro atoms.